The second-order valence-corrected chi connectivity index (χ2v) is 6.30. The number of benzene rings is 1. The van der Waals surface area contributed by atoms with E-state index in [2.05, 4.69) is 0 Å². The third-order valence-electron chi connectivity index (χ3n) is 4.56. The zero-order chi connectivity index (χ0) is 18.7. The summed E-state index contributed by atoms with van der Waals surface area (Å²) in [6, 6.07) is 10.2. The zero-order valence-corrected chi connectivity index (χ0v) is 14.4. The number of likely N-dealkylation sites (N-methyl/N-ethyl adjacent to an activating group) is 1. The van der Waals surface area contributed by atoms with Gasteiger partial charge in [0.15, 0.2) is 5.76 Å². The molecule has 1 unspecified atom stereocenters. The summed E-state index contributed by atoms with van der Waals surface area (Å²) >= 11 is 0. The van der Waals surface area contributed by atoms with Crippen LogP contribution in [0.1, 0.15) is 28.1 Å². The van der Waals surface area contributed by atoms with Crippen molar-refractivity contribution in [2.75, 3.05) is 13.6 Å². The van der Waals surface area contributed by atoms with Crippen molar-refractivity contribution >= 4 is 17.8 Å². The Morgan fingerprint density at radius 2 is 1.92 bits per heavy atom. The second-order valence-electron chi connectivity index (χ2n) is 6.30. The number of carbonyl (C=O) groups excluding carboxylic acids is 2. The fourth-order valence-corrected chi connectivity index (χ4v) is 3.13. The summed E-state index contributed by atoms with van der Waals surface area (Å²) in [4.78, 5) is 39.4. The molecule has 26 heavy (non-hydrogen) atoms. The van der Waals surface area contributed by atoms with Gasteiger partial charge in [-0.1, -0.05) is 24.3 Å². The van der Waals surface area contributed by atoms with Crippen molar-refractivity contribution in [3.63, 3.8) is 0 Å². The lowest BCUT2D eigenvalue weighted by molar-refractivity contribution is -0.139. The van der Waals surface area contributed by atoms with Crippen LogP contribution in [0.25, 0.3) is 0 Å². The van der Waals surface area contributed by atoms with Crippen LogP contribution in [0.3, 0.4) is 0 Å². The van der Waals surface area contributed by atoms with Gasteiger partial charge in [0.05, 0.1) is 12.7 Å². The Bertz CT molecular complexity index is 815. The van der Waals surface area contributed by atoms with Gasteiger partial charge >= 0.3 is 5.97 Å². The van der Waals surface area contributed by atoms with E-state index in [0.29, 0.717) is 13.0 Å². The fourth-order valence-electron chi connectivity index (χ4n) is 3.13. The molecule has 3 rings (SSSR count). The Balaban J connectivity index is 1.87. The number of hydrogen-bond donors (Lipinski definition) is 1. The predicted molar refractivity (Wildman–Crippen MR) is 92.4 cm³/mol. The first kappa shape index (κ1) is 17.7. The van der Waals surface area contributed by atoms with Crippen molar-refractivity contribution in [1.29, 1.82) is 0 Å². The molecule has 1 aliphatic heterocycles. The third-order valence-corrected chi connectivity index (χ3v) is 4.56. The minimum atomic E-state index is -0.970. The van der Waals surface area contributed by atoms with E-state index in [9.17, 15) is 14.4 Å². The molecule has 0 bridgehead atoms. The van der Waals surface area contributed by atoms with Gasteiger partial charge < -0.3 is 19.3 Å². The Morgan fingerprint density at radius 1 is 1.19 bits per heavy atom. The molecule has 1 aliphatic rings. The number of rotatable bonds is 5. The van der Waals surface area contributed by atoms with Crippen LogP contribution >= 0.6 is 0 Å². The topological polar surface area (TPSA) is 91.1 Å². The normalized spacial score (nSPS) is 16.0. The second kappa shape index (κ2) is 7.43. The molecule has 1 aromatic carbocycles. The van der Waals surface area contributed by atoms with Crippen molar-refractivity contribution in [3.05, 3.63) is 59.5 Å². The molecule has 0 saturated carbocycles. The van der Waals surface area contributed by atoms with Crippen LogP contribution in [0, 0.1) is 0 Å². The molecule has 1 N–H and O–H groups in total. The molecule has 2 amide bonds. The minimum Gasteiger partial charge on any atom is -0.481 e. The summed E-state index contributed by atoms with van der Waals surface area (Å²) in [7, 11) is 1.56. The highest BCUT2D eigenvalue weighted by molar-refractivity contribution is 5.96. The first-order valence-corrected chi connectivity index (χ1v) is 8.35. The summed E-state index contributed by atoms with van der Waals surface area (Å²) < 4.78 is 5.21. The average Bonchev–Trinajstić information content (AvgIpc) is 3.18. The molecule has 2 heterocycles. The van der Waals surface area contributed by atoms with Crippen molar-refractivity contribution in [3.8, 4) is 0 Å². The molecular weight excluding hydrogens is 336 g/mol. The highest BCUT2D eigenvalue weighted by Gasteiger charge is 2.37. The van der Waals surface area contributed by atoms with Gasteiger partial charge in [0.2, 0.25) is 5.91 Å². The summed E-state index contributed by atoms with van der Waals surface area (Å²) in [5.74, 6) is -1.42. The Labute approximate surface area is 150 Å². The van der Waals surface area contributed by atoms with E-state index in [0.717, 1.165) is 11.1 Å². The maximum Gasteiger partial charge on any atom is 0.305 e. The van der Waals surface area contributed by atoms with Crippen molar-refractivity contribution in [2.45, 2.75) is 25.4 Å². The number of nitrogens with zero attached hydrogens (tertiary/aromatic N) is 2. The predicted octanol–water partition coefficient (Wildman–Crippen LogP) is 1.78. The van der Waals surface area contributed by atoms with E-state index in [1.165, 1.54) is 16.1 Å². The van der Waals surface area contributed by atoms with Gasteiger partial charge in [-0.15, -0.1) is 0 Å². The Morgan fingerprint density at radius 3 is 2.58 bits per heavy atom. The molecule has 0 saturated heterocycles. The lowest BCUT2D eigenvalue weighted by atomic mass is 9.93. The van der Waals surface area contributed by atoms with Gasteiger partial charge in [-0.3, -0.25) is 14.4 Å². The monoisotopic (exact) mass is 356 g/mol. The van der Waals surface area contributed by atoms with Crippen LogP contribution in [-0.2, 0) is 22.6 Å². The summed E-state index contributed by atoms with van der Waals surface area (Å²) in [5, 5.41) is 8.83. The molecular formula is C19H20N2O5. The fraction of sp³-hybridized carbons (Fsp3) is 0.316. The lowest BCUT2D eigenvalue weighted by Crippen LogP contribution is -2.53. The van der Waals surface area contributed by atoms with Gasteiger partial charge in [0, 0.05) is 26.6 Å². The molecule has 2 aromatic rings. The highest BCUT2D eigenvalue weighted by atomic mass is 16.4. The van der Waals surface area contributed by atoms with Crippen LogP contribution in [0.15, 0.2) is 47.1 Å². The van der Waals surface area contributed by atoms with Gasteiger partial charge in [-0.2, -0.15) is 0 Å². The van der Waals surface area contributed by atoms with E-state index in [4.69, 9.17) is 9.52 Å². The van der Waals surface area contributed by atoms with Crippen LogP contribution in [0.4, 0.5) is 0 Å². The number of furan rings is 1. The molecule has 0 radical (unpaired) electrons. The van der Waals surface area contributed by atoms with Crippen LogP contribution in [-0.4, -0.2) is 52.3 Å². The van der Waals surface area contributed by atoms with Crippen LogP contribution in [0.5, 0.6) is 0 Å². The Hall–Kier alpha value is -3.09. The van der Waals surface area contributed by atoms with Crippen molar-refractivity contribution in [2.24, 2.45) is 0 Å². The molecule has 0 aliphatic carbocycles. The summed E-state index contributed by atoms with van der Waals surface area (Å²) in [6.45, 7) is 0.397. The van der Waals surface area contributed by atoms with Gasteiger partial charge in [0.1, 0.15) is 6.04 Å². The molecule has 0 fully saturated rings. The number of carbonyl (C=O) groups is 3. The van der Waals surface area contributed by atoms with E-state index in [1.807, 2.05) is 24.3 Å². The van der Waals surface area contributed by atoms with Crippen molar-refractivity contribution in [1.82, 2.24) is 9.80 Å². The first-order chi connectivity index (χ1) is 12.5. The van der Waals surface area contributed by atoms with Crippen molar-refractivity contribution < 1.29 is 23.9 Å². The SMILES string of the molecule is CN(CCC(=O)O)C(=O)C1Cc2ccccc2CN1C(=O)c1ccco1. The smallest absolute Gasteiger partial charge is 0.305 e. The van der Waals surface area contributed by atoms with E-state index < -0.39 is 12.0 Å². The van der Waals surface area contributed by atoms with Gasteiger partial charge in [-0.25, -0.2) is 0 Å². The Kier molecular flexibility index (Phi) is 5.06. The first-order valence-electron chi connectivity index (χ1n) is 8.35. The van der Waals surface area contributed by atoms with E-state index in [-0.39, 0.29) is 30.5 Å². The number of amides is 2. The molecule has 0 spiro atoms. The summed E-state index contributed by atoms with van der Waals surface area (Å²) in [6.07, 6.45) is 1.66. The standard InChI is InChI=1S/C19H20N2O5/c1-20(9-8-17(22)23)18(24)15-11-13-5-2-3-6-14(13)12-21(15)19(25)16-7-4-10-26-16/h2-7,10,15H,8-9,11-12H2,1H3,(H,22,23). The zero-order valence-electron chi connectivity index (χ0n) is 14.4. The molecule has 1 aromatic heterocycles. The number of hydrogen-bond acceptors (Lipinski definition) is 4. The van der Waals surface area contributed by atoms with Crippen LogP contribution < -0.4 is 0 Å². The number of fused-ring (bicyclic) bond motifs is 1. The van der Waals surface area contributed by atoms with E-state index in [1.54, 1.807) is 19.2 Å². The average molecular weight is 356 g/mol. The van der Waals surface area contributed by atoms with Crippen LogP contribution in [0.2, 0.25) is 0 Å². The van der Waals surface area contributed by atoms with Gasteiger partial charge in [-0.05, 0) is 23.3 Å². The van der Waals surface area contributed by atoms with E-state index >= 15 is 0 Å². The summed E-state index contributed by atoms with van der Waals surface area (Å²) in [5.41, 5.74) is 2.01. The molecule has 7 heteroatoms. The lowest BCUT2D eigenvalue weighted by Gasteiger charge is -2.37. The highest BCUT2D eigenvalue weighted by Crippen LogP contribution is 2.26. The molecule has 7 nitrogen and oxygen atoms in total. The molecule has 136 valence electrons. The van der Waals surface area contributed by atoms with Gasteiger partial charge in [0.25, 0.3) is 5.91 Å². The minimum absolute atomic E-state index is 0.0924. The maximum absolute atomic E-state index is 12.9. The molecule has 1 atom stereocenters. The number of carboxylic acid groups (broad SMARTS) is 1. The third kappa shape index (κ3) is 3.61. The maximum atomic E-state index is 12.9. The number of carboxylic acids is 1. The number of aliphatic carboxylic acids is 1. The largest absolute Gasteiger partial charge is 0.481 e. The quantitative estimate of drug-likeness (QED) is 0.882.